The standard InChI is InChI=1S/C37H40N4O8/c1-19(2)16-47-35(43)30-25-9-8-22(38-25)14-23-15-24(34(42)46-7)33(39-23)32(37(45)49-18-21(5)6)29-13-12-28(41-29)31(27-11-10-26(30)40-27)36(44)48-17-20(3)4/h8-15,19-21,38-39H,16-18H2,1-7H3. The fraction of sp³-hybridized carbons (Fsp3) is 0.351. The average molecular weight is 669 g/mol. The maximum Gasteiger partial charge on any atom is 0.342 e. The molecule has 0 atom stereocenters. The predicted molar refractivity (Wildman–Crippen MR) is 186 cm³/mol. The first kappa shape index (κ1) is 34.8. The van der Waals surface area contributed by atoms with E-state index < -0.39 is 23.9 Å². The van der Waals surface area contributed by atoms with Gasteiger partial charge in [0.2, 0.25) is 0 Å². The molecule has 0 aliphatic carbocycles. The largest absolute Gasteiger partial charge is 0.465 e. The van der Waals surface area contributed by atoms with Crippen molar-refractivity contribution in [3.05, 3.63) is 69.3 Å². The first-order chi connectivity index (χ1) is 23.4. The van der Waals surface area contributed by atoms with E-state index in [-0.39, 0.29) is 88.1 Å². The van der Waals surface area contributed by atoms with Crippen molar-refractivity contribution >= 4 is 70.2 Å². The van der Waals surface area contributed by atoms with Crippen molar-refractivity contribution in [2.24, 2.45) is 17.8 Å². The number of ether oxygens (including phenoxy) is 4. The molecule has 0 saturated heterocycles. The number of fused-ring (bicyclic) bond motifs is 8. The molecule has 0 spiro atoms. The second-order valence-electron chi connectivity index (χ2n) is 13.0. The lowest BCUT2D eigenvalue weighted by Crippen LogP contribution is -2.14. The number of H-pyrrole nitrogens is 2. The van der Waals surface area contributed by atoms with Crippen LogP contribution in [-0.2, 0) is 18.9 Å². The van der Waals surface area contributed by atoms with Crippen LogP contribution in [0, 0.1) is 17.8 Å². The number of rotatable bonds is 10. The summed E-state index contributed by atoms with van der Waals surface area (Å²) < 4.78 is 22.0. The molecule has 3 aromatic rings. The molecule has 0 radical (unpaired) electrons. The Balaban J connectivity index is 1.93. The number of hydrogen-bond donors (Lipinski definition) is 2. The Kier molecular flexibility index (Phi) is 10.5. The Morgan fingerprint density at radius 1 is 0.592 bits per heavy atom. The summed E-state index contributed by atoms with van der Waals surface area (Å²) in [6.45, 7) is 11.9. The summed E-state index contributed by atoms with van der Waals surface area (Å²) in [4.78, 5) is 69.9. The van der Waals surface area contributed by atoms with Crippen LogP contribution in [0.1, 0.15) is 106 Å². The van der Waals surface area contributed by atoms with Crippen molar-refractivity contribution in [3.63, 3.8) is 0 Å². The quantitative estimate of drug-likeness (QED) is 0.118. The van der Waals surface area contributed by atoms with Crippen LogP contribution >= 0.6 is 0 Å². The third-order valence-corrected chi connectivity index (χ3v) is 7.34. The van der Waals surface area contributed by atoms with Crippen LogP contribution in [0.25, 0.3) is 46.4 Å². The zero-order chi connectivity index (χ0) is 35.4. The Hall–Kier alpha value is -5.52. The van der Waals surface area contributed by atoms with Crippen LogP contribution < -0.4 is 0 Å². The number of hydrogen-bond acceptors (Lipinski definition) is 10. The molecule has 8 bridgehead atoms. The number of methoxy groups -OCH3 is 1. The summed E-state index contributed by atoms with van der Waals surface area (Å²) in [7, 11) is 1.24. The van der Waals surface area contributed by atoms with Gasteiger partial charge >= 0.3 is 23.9 Å². The molecular weight excluding hydrogens is 628 g/mol. The van der Waals surface area contributed by atoms with E-state index in [1.54, 1.807) is 48.6 Å². The van der Waals surface area contributed by atoms with Gasteiger partial charge in [-0.15, -0.1) is 0 Å². The first-order valence-electron chi connectivity index (χ1n) is 16.1. The van der Waals surface area contributed by atoms with Gasteiger partial charge < -0.3 is 28.9 Å². The zero-order valence-corrected chi connectivity index (χ0v) is 28.6. The van der Waals surface area contributed by atoms with E-state index in [4.69, 9.17) is 28.9 Å². The maximum atomic E-state index is 13.8. The van der Waals surface area contributed by atoms with Crippen LogP contribution in [0.3, 0.4) is 0 Å². The van der Waals surface area contributed by atoms with E-state index in [1.807, 2.05) is 41.5 Å². The van der Waals surface area contributed by atoms with E-state index in [9.17, 15) is 19.2 Å². The molecule has 256 valence electrons. The van der Waals surface area contributed by atoms with E-state index in [0.717, 1.165) is 0 Å². The minimum atomic E-state index is -0.725. The average Bonchev–Trinajstić information content (AvgIpc) is 3.87. The van der Waals surface area contributed by atoms with Crippen LogP contribution in [0.2, 0.25) is 0 Å². The van der Waals surface area contributed by atoms with Gasteiger partial charge in [-0.1, -0.05) is 41.5 Å². The molecule has 2 N–H and O–H groups in total. The number of nitrogens with one attached hydrogen (secondary N) is 2. The number of aromatic nitrogens is 4. The molecule has 0 unspecified atom stereocenters. The van der Waals surface area contributed by atoms with E-state index in [2.05, 4.69) is 9.97 Å². The molecule has 0 amide bonds. The van der Waals surface area contributed by atoms with Crippen molar-refractivity contribution in [1.29, 1.82) is 0 Å². The smallest absolute Gasteiger partial charge is 0.342 e. The van der Waals surface area contributed by atoms with Crippen LogP contribution in [-0.4, -0.2) is 70.7 Å². The highest BCUT2D eigenvalue weighted by Crippen LogP contribution is 2.29. The second kappa shape index (κ2) is 14.7. The molecule has 2 aliphatic rings. The monoisotopic (exact) mass is 668 g/mol. The van der Waals surface area contributed by atoms with Crippen LogP contribution in [0.15, 0.2) is 24.3 Å². The molecule has 0 fully saturated rings. The summed E-state index contributed by atoms with van der Waals surface area (Å²) in [5, 5.41) is 0. The summed E-state index contributed by atoms with van der Waals surface area (Å²) in [5.41, 5.74) is 2.55. The number of carbonyl (C=O) groups excluding carboxylic acids is 4. The third-order valence-electron chi connectivity index (χ3n) is 7.34. The Bertz CT molecular complexity index is 2030. The molecule has 5 rings (SSSR count). The summed E-state index contributed by atoms with van der Waals surface area (Å²) in [5.74, 6) is -2.53. The molecule has 12 heteroatoms. The van der Waals surface area contributed by atoms with Gasteiger partial charge in [-0.2, -0.15) is 0 Å². The predicted octanol–water partition coefficient (Wildman–Crippen LogP) is 6.88. The number of carbonyl (C=O) groups is 4. The third kappa shape index (κ3) is 7.80. The number of aromatic amines is 2. The highest BCUT2D eigenvalue weighted by molar-refractivity contribution is 6.10. The van der Waals surface area contributed by atoms with E-state index in [1.165, 1.54) is 7.11 Å². The molecule has 3 aromatic heterocycles. The Morgan fingerprint density at radius 3 is 1.57 bits per heavy atom. The van der Waals surface area contributed by atoms with Crippen LogP contribution in [0.5, 0.6) is 0 Å². The van der Waals surface area contributed by atoms with Gasteiger partial charge in [-0.25, -0.2) is 29.1 Å². The van der Waals surface area contributed by atoms with E-state index in [0.29, 0.717) is 16.6 Å². The van der Waals surface area contributed by atoms with Gasteiger partial charge in [0, 0.05) is 11.0 Å². The SMILES string of the molecule is COC(=O)c1cc2cc3ccc([nH]3)c(C(=O)OCC(C)C)c3nc(c(C(=O)OCC(C)C)c4nc(c(C(=O)OCC(C)C)c1[nH]2)C=C4)C=C3. The Labute approximate surface area is 283 Å². The lowest BCUT2D eigenvalue weighted by atomic mass is 10.1. The zero-order valence-electron chi connectivity index (χ0n) is 28.6. The van der Waals surface area contributed by atoms with Gasteiger partial charge in [-0.05, 0) is 66.3 Å². The first-order valence-corrected chi connectivity index (χ1v) is 16.1. The fourth-order valence-electron chi connectivity index (χ4n) is 5.08. The van der Waals surface area contributed by atoms with Crippen molar-refractivity contribution in [3.8, 4) is 0 Å². The lowest BCUT2D eigenvalue weighted by molar-refractivity contribution is 0.0451. The van der Waals surface area contributed by atoms with Gasteiger partial charge in [0.25, 0.3) is 0 Å². The number of esters is 4. The fourth-order valence-corrected chi connectivity index (χ4v) is 5.08. The van der Waals surface area contributed by atoms with Gasteiger partial charge in [0.15, 0.2) is 0 Å². The Morgan fingerprint density at radius 2 is 1.06 bits per heavy atom. The van der Waals surface area contributed by atoms with Crippen molar-refractivity contribution in [1.82, 2.24) is 19.9 Å². The molecule has 5 heterocycles. The topological polar surface area (TPSA) is 163 Å². The highest BCUT2D eigenvalue weighted by Gasteiger charge is 2.27. The lowest BCUT2D eigenvalue weighted by Gasteiger charge is -2.09. The minimum Gasteiger partial charge on any atom is -0.465 e. The van der Waals surface area contributed by atoms with Crippen molar-refractivity contribution < 1.29 is 38.1 Å². The van der Waals surface area contributed by atoms with Crippen molar-refractivity contribution in [2.75, 3.05) is 26.9 Å². The minimum absolute atomic E-state index is 0.0240. The van der Waals surface area contributed by atoms with Gasteiger partial charge in [0.1, 0.15) is 16.7 Å². The van der Waals surface area contributed by atoms with Crippen molar-refractivity contribution in [2.45, 2.75) is 41.5 Å². The van der Waals surface area contributed by atoms with Crippen LogP contribution in [0.4, 0.5) is 0 Å². The molecule has 2 aliphatic heterocycles. The molecule has 0 aromatic carbocycles. The summed E-state index contributed by atoms with van der Waals surface area (Å²) >= 11 is 0. The molecule has 49 heavy (non-hydrogen) atoms. The summed E-state index contributed by atoms with van der Waals surface area (Å²) in [6.07, 6.45) is 6.36. The highest BCUT2D eigenvalue weighted by atomic mass is 16.5. The maximum absolute atomic E-state index is 13.8. The molecular formula is C37H40N4O8. The number of nitrogens with zero attached hydrogens (tertiary/aromatic N) is 2. The molecule has 12 nitrogen and oxygen atoms in total. The summed E-state index contributed by atoms with van der Waals surface area (Å²) in [6, 6.07) is 6.72. The normalized spacial score (nSPS) is 12.1. The molecule has 0 saturated carbocycles. The van der Waals surface area contributed by atoms with Gasteiger partial charge in [-0.3, -0.25) is 0 Å². The second-order valence-corrected chi connectivity index (χ2v) is 13.0. The van der Waals surface area contributed by atoms with Gasteiger partial charge in [0.05, 0.1) is 66.3 Å². The van der Waals surface area contributed by atoms with E-state index >= 15 is 0 Å².